The first kappa shape index (κ1) is 20.8. The van der Waals surface area contributed by atoms with Crippen LogP contribution in [0.1, 0.15) is 17.5 Å². The van der Waals surface area contributed by atoms with Crippen molar-refractivity contribution in [2.45, 2.75) is 28.5 Å². The van der Waals surface area contributed by atoms with Gasteiger partial charge in [0.1, 0.15) is 0 Å². The number of hydrogen-bond acceptors (Lipinski definition) is 4. The van der Waals surface area contributed by atoms with E-state index in [1.165, 1.54) is 12.1 Å². The molecule has 2 aromatic carbocycles. The number of rotatable bonds is 5. The molecule has 1 atom stereocenters. The molecule has 0 saturated carbocycles. The minimum atomic E-state index is -4.49. The summed E-state index contributed by atoms with van der Waals surface area (Å²) < 4.78 is 89.5. The number of hydrogen-bond donors (Lipinski definition) is 0. The Morgan fingerprint density at radius 1 is 0.929 bits per heavy atom. The quantitative estimate of drug-likeness (QED) is 0.727. The van der Waals surface area contributed by atoms with Crippen LogP contribution in [0, 0.1) is 0 Å². The summed E-state index contributed by atoms with van der Waals surface area (Å²) in [5.74, 6) is -0.483. The number of halogens is 3. The summed E-state index contributed by atoms with van der Waals surface area (Å²) in [7, 11) is -7.51. The molecule has 28 heavy (non-hydrogen) atoms. The number of alkyl halides is 3. The Hall–Kier alpha value is -1.91. The highest BCUT2D eigenvalue weighted by atomic mass is 32.2. The standard InChI is InChI=1S/C18H18F3NO4S2/c19-18(20,21)15-8-6-14(7-9-15)13-27(23,24)22-11-10-17(12-22)28(25,26)16-4-2-1-3-5-16/h1-9,17H,10-13H2/t17-/m0/s1. The lowest BCUT2D eigenvalue weighted by Crippen LogP contribution is -2.32. The number of benzene rings is 2. The van der Waals surface area contributed by atoms with Crippen molar-refractivity contribution < 1.29 is 30.0 Å². The summed E-state index contributed by atoms with van der Waals surface area (Å²) in [6, 6.07) is 11.7. The molecule has 1 aliphatic rings. The summed E-state index contributed by atoms with van der Waals surface area (Å²) >= 11 is 0. The second kappa shape index (κ2) is 7.49. The second-order valence-corrected chi connectivity index (χ2v) is 10.8. The van der Waals surface area contributed by atoms with Crippen molar-refractivity contribution in [3.05, 3.63) is 65.7 Å². The van der Waals surface area contributed by atoms with Gasteiger partial charge in [-0.3, -0.25) is 0 Å². The van der Waals surface area contributed by atoms with Crippen LogP contribution in [-0.4, -0.2) is 39.5 Å². The van der Waals surface area contributed by atoms with Crippen molar-refractivity contribution in [1.82, 2.24) is 4.31 Å². The predicted octanol–water partition coefficient (Wildman–Crippen LogP) is 3.08. The third-order valence-corrected chi connectivity index (χ3v) is 8.65. The van der Waals surface area contributed by atoms with Gasteiger partial charge in [0.15, 0.2) is 9.84 Å². The van der Waals surface area contributed by atoms with E-state index in [1.54, 1.807) is 18.2 Å². The van der Waals surface area contributed by atoms with Crippen molar-refractivity contribution >= 4 is 19.9 Å². The van der Waals surface area contributed by atoms with Gasteiger partial charge >= 0.3 is 6.18 Å². The summed E-state index contributed by atoms with van der Waals surface area (Å²) in [5.41, 5.74) is -0.647. The minimum Gasteiger partial charge on any atom is -0.223 e. The van der Waals surface area contributed by atoms with Gasteiger partial charge in [0.05, 0.1) is 21.5 Å². The molecule has 0 amide bonds. The molecule has 1 saturated heterocycles. The molecule has 2 aromatic rings. The maximum absolute atomic E-state index is 12.7. The van der Waals surface area contributed by atoms with Gasteiger partial charge in [-0.2, -0.15) is 13.2 Å². The van der Waals surface area contributed by atoms with E-state index in [0.29, 0.717) is 0 Å². The van der Waals surface area contributed by atoms with E-state index in [4.69, 9.17) is 0 Å². The zero-order chi connectivity index (χ0) is 20.6. The van der Waals surface area contributed by atoms with Gasteiger partial charge in [-0.05, 0) is 36.2 Å². The Labute approximate surface area is 161 Å². The van der Waals surface area contributed by atoms with Crippen molar-refractivity contribution in [3.63, 3.8) is 0 Å². The number of nitrogens with zero attached hydrogens (tertiary/aromatic N) is 1. The SMILES string of the molecule is O=S(=O)(c1ccccc1)[C@H]1CCN(S(=O)(=O)Cc2ccc(C(F)(F)F)cc2)C1. The highest BCUT2D eigenvalue weighted by molar-refractivity contribution is 7.92. The van der Waals surface area contributed by atoms with Crippen LogP contribution in [0.25, 0.3) is 0 Å². The van der Waals surface area contributed by atoms with E-state index in [-0.39, 0.29) is 30.0 Å². The van der Waals surface area contributed by atoms with Crippen LogP contribution in [0.4, 0.5) is 13.2 Å². The first-order valence-electron chi connectivity index (χ1n) is 8.43. The molecular formula is C18H18F3NO4S2. The van der Waals surface area contributed by atoms with Crippen molar-refractivity contribution in [2.24, 2.45) is 0 Å². The molecule has 3 rings (SSSR count). The van der Waals surface area contributed by atoms with Crippen molar-refractivity contribution in [2.75, 3.05) is 13.1 Å². The smallest absolute Gasteiger partial charge is 0.223 e. The monoisotopic (exact) mass is 433 g/mol. The van der Waals surface area contributed by atoms with E-state index >= 15 is 0 Å². The molecular weight excluding hydrogens is 415 g/mol. The third kappa shape index (κ3) is 4.39. The third-order valence-electron chi connectivity index (χ3n) is 4.64. The Kier molecular flexibility index (Phi) is 5.57. The Balaban J connectivity index is 1.72. The lowest BCUT2D eigenvalue weighted by molar-refractivity contribution is -0.137. The van der Waals surface area contributed by atoms with E-state index in [9.17, 15) is 30.0 Å². The van der Waals surface area contributed by atoms with Crippen LogP contribution in [0.5, 0.6) is 0 Å². The van der Waals surface area contributed by atoms with Crippen LogP contribution >= 0.6 is 0 Å². The second-order valence-electron chi connectivity index (χ2n) is 6.58. The molecule has 0 spiro atoms. The molecule has 152 valence electrons. The topological polar surface area (TPSA) is 71.5 Å². The highest BCUT2D eigenvalue weighted by Gasteiger charge is 2.39. The fourth-order valence-electron chi connectivity index (χ4n) is 3.10. The molecule has 0 aromatic heterocycles. The molecule has 0 bridgehead atoms. The Morgan fingerprint density at radius 3 is 2.11 bits per heavy atom. The summed E-state index contributed by atoms with van der Waals surface area (Å²) in [6.07, 6.45) is -4.32. The lowest BCUT2D eigenvalue weighted by atomic mass is 10.1. The maximum atomic E-state index is 12.7. The highest BCUT2D eigenvalue weighted by Crippen LogP contribution is 2.30. The van der Waals surface area contributed by atoms with Gasteiger partial charge < -0.3 is 0 Å². The summed E-state index contributed by atoms with van der Waals surface area (Å²) in [4.78, 5) is 0.141. The Morgan fingerprint density at radius 2 is 1.54 bits per heavy atom. The zero-order valence-corrected chi connectivity index (χ0v) is 16.3. The molecule has 0 N–H and O–H groups in total. The number of sulfone groups is 1. The molecule has 10 heteroatoms. The minimum absolute atomic E-state index is 0.0553. The fraction of sp³-hybridized carbons (Fsp3) is 0.333. The molecule has 1 aliphatic heterocycles. The van der Waals surface area contributed by atoms with E-state index in [0.717, 1.165) is 28.6 Å². The van der Waals surface area contributed by atoms with Crippen LogP contribution < -0.4 is 0 Å². The average Bonchev–Trinajstić information content (AvgIpc) is 3.14. The van der Waals surface area contributed by atoms with Crippen molar-refractivity contribution in [3.8, 4) is 0 Å². The number of sulfonamides is 1. The van der Waals surface area contributed by atoms with Crippen LogP contribution in [0.15, 0.2) is 59.5 Å². The van der Waals surface area contributed by atoms with Gasteiger partial charge in [0, 0.05) is 13.1 Å². The first-order valence-corrected chi connectivity index (χ1v) is 11.6. The average molecular weight is 433 g/mol. The molecule has 0 aliphatic carbocycles. The van der Waals surface area contributed by atoms with Gasteiger partial charge in [0.2, 0.25) is 10.0 Å². The molecule has 5 nitrogen and oxygen atoms in total. The Bertz CT molecular complexity index is 1030. The molecule has 1 fully saturated rings. The molecule has 0 radical (unpaired) electrons. The maximum Gasteiger partial charge on any atom is 0.416 e. The first-order chi connectivity index (χ1) is 13.0. The molecule has 0 unspecified atom stereocenters. The largest absolute Gasteiger partial charge is 0.416 e. The normalized spacial score (nSPS) is 19.0. The fourth-order valence-corrected chi connectivity index (χ4v) is 6.49. The van der Waals surface area contributed by atoms with Gasteiger partial charge in [-0.15, -0.1) is 0 Å². The molecule has 1 heterocycles. The van der Waals surface area contributed by atoms with E-state index in [2.05, 4.69) is 0 Å². The summed E-state index contributed by atoms with van der Waals surface area (Å²) in [6.45, 7) is -0.111. The van der Waals surface area contributed by atoms with Crippen LogP contribution in [-0.2, 0) is 31.8 Å². The van der Waals surface area contributed by atoms with Gasteiger partial charge in [-0.25, -0.2) is 21.1 Å². The van der Waals surface area contributed by atoms with Gasteiger partial charge in [-0.1, -0.05) is 30.3 Å². The zero-order valence-electron chi connectivity index (χ0n) is 14.6. The van der Waals surface area contributed by atoms with E-state index in [1.807, 2.05) is 0 Å². The van der Waals surface area contributed by atoms with Crippen LogP contribution in [0.2, 0.25) is 0 Å². The van der Waals surface area contributed by atoms with Crippen LogP contribution in [0.3, 0.4) is 0 Å². The van der Waals surface area contributed by atoms with Crippen molar-refractivity contribution in [1.29, 1.82) is 0 Å². The lowest BCUT2D eigenvalue weighted by Gasteiger charge is -2.17. The predicted molar refractivity (Wildman–Crippen MR) is 97.7 cm³/mol. The summed E-state index contributed by atoms with van der Waals surface area (Å²) in [5, 5.41) is -0.850. The van der Waals surface area contributed by atoms with E-state index < -0.39 is 42.6 Å². The van der Waals surface area contributed by atoms with Gasteiger partial charge in [0.25, 0.3) is 0 Å².